The summed E-state index contributed by atoms with van der Waals surface area (Å²) in [5.41, 5.74) is -0.0000981. The zero-order valence-corrected chi connectivity index (χ0v) is 19.6. The van der Waals surface area contributed by atoms with Crippen LogP contribution in [0.3, 0.4) is 0 Å². The lowest BCUT2D eigenvalue weighted by molar-refractivity contribution is 0.451. The van der Waals surface area contributed by atoms with Gasteiger partial charge < -0.3 is 8.98 Å². The molecule has 0 aliphatic rings. The van der Waals surface area contributed by atoms with Crippen LogP contribution in [-0.2, 0) is 17.7 Å². The molecule has 176 valence electrons. The van der Waals surface area contributed by atoms with E-state index in [1.165, 1.54) is 53.7 Å². The number of oxazole rings is 1. The minimum atomic E-state index is -4.81. The Labute approximate surface area is 196 Å². The van der Waals surface area contributed by atoms with E-state index in [-0.39, 0.29) is 22.0 Å². The van der Waals surface area contributed by atoms with Crippen LogP contribution in [0, 0.1) is 5.82 Å². The van der Waals surface area contributed by atoms with Gasteiger partial charge in [-0.15, -0.1) is 0 Å². The van der Waals surface area contributed by atoms with E-state index in [0.29, 0.717) is 11.8 Å². The highest BCUT2D eigenvalue weighted by atomic mass is 35.5. The number of pyridine rings is 1. The molecule has 0 saturated heterocycles. The maximum atomic E-state index is 14.1. The Morgan fingerprint density at radius 1 is 1.12 bits per heavy atom. The van der Waals surface area contributed by atoms with Gasteiger partial charge in [0, 0.05) is 24.0 Å². The molecule has 1 unspecified atom stereocenters. The minimum Gasteiger partial charge on any atom is -0.446 e. The Morgan fingerprint density at radius 2 is 1.88 bits per heavy atom. The third kappa shape index (κ3) is 4.36. The van der Waals surface area contributed by atoms with Gasteiger partial charge in [-0.05, 0) is 29.8 Å². The first-order valence-corrected chi connectivity index (χ1v) is 13.6. The summed E-state index contributed by atoms with van der Waals surface area (Å²) in [6.45, 7) is 0. The molecule has 4 rings (SSSR count). The molecule has 0 bridgehead atoms. The molecular weight excluding hydrogens is 511 g/mol. The molecule has 0 aliphatic carbocycles. The average molecular weight is 525 g/mol. The normalized spacial score (nSPS) is 13.0. The number of hydrogen-bond acceptors (Lipinski definition) is 9. The lowest BCUT2D eigenvalue weighted by atomic mass is 10.0. The molecule has 4 aromatic rings. The molecular formula is C20H14ClFN4O6S2. The topological polar surface area (TPSA) is 142 Å². The van der Waals surface area contributed by atoms with Crippen molar-refractivity contribution in [2.24, 2.45) is 0 Å². The van der Waals surface area contributed by atoms with Crippen molar-refractivity contribution in [2.45, 2.75) is 11.2 Å². The second kappa shape index (κ2) is 8.74. The number of nitrogens with zero attached hydrogens (tertiary/aromatic N) is 4. The molecule has 0 amide bonds. The van der Waals surface area contributed by atoms with Crippen LogP contribution in [0.15, 0.2) is 75.8 Å². The van der Waals surface area contributed by atoms with Gasteiger partial charge in [0.25, 0.3) is 19.6 Å². The van der Waals surface area contributed by atoms with Gasteiger partial charge in [0.15, 0.2) is 12.2 Å². The summed E-state index contributed by atoms with van der Waals surface area (Å²) >= 11 is 5.78. The fourth-order valence-corrected chi connectivity index (χ4v) is 4.97. The summed E-state index contributed by atoms with van der Waals surface area (Å²) in [6, 6.07) is 7.10. The van der Waals surface area contributed by atoms with Crippen LogP contribution in [0.25, 0.3) is 11.3 Å². The second-order valence-corrected chi connectivity index (χ2v) is 13.2. The summed E-state index contributed by atoms with van der Waals surface area (Å²) in [6.07, 6.45) is 5.52. The van der Waals surface area contributed by atoms with Gasteiger partial charge in [0.05, 0.1) is 23.2 Å². The fraction of sp³-hybridized carbons (Fsp3) is 0.100. The van der Waals surface area contributed by atoms with Gasteiger partial charge >= 0.3 is 8.87 Å². The lowest BCUT2D eigenvalue weighted by Gasteiger charge is -2.18. The Balaban J connectivity index is 1.81. The number of hydrogen-bond donors (Lipinski definition) is 0. The molecule has 1 atom stereocenters. The zero-order chi connectivity index (χ0) is 24.7. The first-order valence-electron chi connectivity index (χ1n) is 9.33. The van der Waals surface area contributed by atoms with Crippen LogP contribution < -0.4 is 5.56 Å². The number of halogens is 2. The fourth-order valence-electron chi connectivity index (χ4n) is 3.12. The third-order valence-corrected chi connectivity index (χ3v) is 9.34. The first kappa shape index (κ1) is 23.7. The van der Waals surface area contributed by atoms with Crippen LogP contribution in [0.5, 0.6) is 0 Å². The Morgan fingerprint density at radius 3 is 2.50 bits per heavy atom. The van der Waals surface area contributed by atoms with Crippen LogP contribution in [0.2, 0.25) is 5.02 Å². The molecule has 0 spiro atoms. The minimum absolute atomic E-state index is 0.00947. The molecule has 3 heterocycles. The molecule has 0 saturated carbocycles. The predicted octanol–water partition coefficient (Wildman–Crippen LogP) is 2.46. The monoisotopic (exact) mass is 524 g/mol. The summed E-state index contributed by atoms with van der Waals surface area (Å²) in [7, 11) is -9.33. The van der Waals surface area contributed by atoms with E-state index >= 15 is 0 Å². The maximum Gasteiger partial charge on any atom is 0.317 e. The summed E-state index contributed by atoms with van der Waals surface area (Å²) < 4.78 is 68.2. The van der Waals surface area contributed by atoms with Crippen LogP contribution in [0.1, 0.15) is 17.4 Å². The van der Waals surface area contributed by atoms with Crippen molar-refractivity contribution in [1.29, 1.82) is 0 Å². The van der Waals surface area contributed by atoms with Gasteiger partial charge in [-0.1, -0.05) is 17.7 Å². The number of benzene rings is 1. The highest BCUT2D eigenvalue weighted by Crippen LogP contribution is 2.28. The van der Waals surface area contributed by atoms with Crippen molar-refractivity contribution >= 4 is 29.3 Å². The van der Waals surface area contributed by atoms with Crippen LogP contribution in [-0.4, -0.2) is 42.6 Å². The van der Waals surface area contributed by atoms with Crippen molar-refractivity contribution in [1.82, 2.24) is 19.5 Å². The Kier molecular flexibility index (Phi) is 6.10. The standard InChI is InChI=1S/C20H14ClFN4O6S2/c1-33(28,29)34(30,31)20-24-6-4-16(25-20)12-5-7-26(18(27)9-12)19(17-10-23-11-32-17)13-2-3-14(21)15(22)8-13/h2-11,19H,1H3. The summed E-state index contributed by atoms with van der Waals surface area (Å²) in [4.78, 5) is 24.2. The molecule has 1 aromatic carbocycles. The largest absolute Gasteiger partial charge is 0.446 e. The molecule has 10 nitrogen and oxygen atoms in total. The van der Waals surface area contributed by atoms with E-state index in [2.05, 4.69) is 15.0 Å². The maximum absolute atomic E-state index is 14.1. The second-order valence-electron chi connectivity index (χ2n) is 7.02. The van der Waals surface area contributed by atoms with Crippen molar-refractivity contribution in [2.75, 3.05) is 6.26 Å². The summed E-state index contributed by atoms with van der Waals surface area (Å²) in [5, 5.41) is -1.00. The molecule has 0 N–H and O–H groups in total. The highest BCUT2D eigenvalue weighted by molar-refractivity contribution is 8.66. The highest BCUT2D eigenvalue weighted by Gasteiger charge is 2.30. The SMILES string of the molecule is CS(=O)(=O)S(=O)(=O)c1nccc(-c2ccn(C(c3ccc(Cl)c(F)c3)c3cnco3)c(=O)c2)n1. The van der Waals surface area contributed by atoms with Gasteiger partial charge in [-0.3, -0.25) is 4.79 Å². The van der Waals surface area contributed by atoms with Crippen molar-refractivity contribution in [3.8, 4) is 11.3 Å². The molecule has 14 heteroatoms. The Bertz CT molecular complexity index is 1650. The van der Waals surface area contributed by atoms with Gasteiger partial charge in [0.1, 0.15) is 11.9 Å². The smallest absolute Gasteiger partial charge is 0.317 e. The van der Waals surface area contributed by atoms with E-state index in [0.717, 1.165) is 12.3 Å². The van der Waals surface area contributed by atoms with E-state index in [1.807, 2.05) is 0 Å². The van der Waals surface area contributed by atoms with Crippen molar-refractivity contribution in [3.63, 3.8) is 0 Å². The van der Waals surface area contributed by atoms with Crippen LogP contribution in [0.4, 0.5) is 4.39 Å². The predicted molar refractivity (Wildman–Crippen MR) is 119 cm³/mol. The first-order chi connectivity index (χ1) is 16.0. The number of rotatable bonds is 6. The third-order valence-electron chi connectivity index (χ3n) is 4.76. The van der Waals surface area contributed by atoms with E-state index < -0.39 is 40.3 Å². The lowest BCUT2D eigenvalue weighted by Crippen LogP contribution is -2.25. The summed E-state index contributed by atoms with van der Waals surface area (Å²) in [5.74, 6) is -0.436. The van der Waals surface area contributed by atoms with Gasteiger partial charge in [-0.2, -0.15) is 0 Å². The Hall–Kier alpha value is -3.42. The molecule has 3 aromatic heterocycles. The number of aromatic nitrogens is 4. The van der Waals surface area contributed by atoms with Gasteiger partial charge in [0.2, 0.25) is 0 Å². The van der Waals surface area contributed by atoms with Gasteiger partial charge in [-0.25, -0.2) is 36.2 Å². The molecule has 0 aliphatic heterocycles. The molecule has 0 radical (unpaired) electrons. The van der Waals surface area contributed by atoms with E-state index in [9.17, 15) is 26.0 Å². The molecule has 34 heavy (non-hydrogen) atoms. The molecule has 0 fully saturated rings. The van der Waals surface area contributed by atoms with Crippen molar-refractivity contribution in [3.05, 3.63) is 93.9 Å². The van der Waals surface area contributed by atoms with E-state index in [4.69, 9.17) is 16.0 Å². The average Bonchev–Trinajstić information content (AvgIpc) is 3.31. The van der Waals surface area contributed by atoms with Crippen LogP contribution >= 0.6 is 11.6 Å². The quantitative estimate of drug-likeness (QED) is 0.274. The van der Waals surface area contributed by atoms with Crippen molar-refractivity contribution < 1.29 is 25.6 Å². The zero-order valence-electron chi connectivity index (χ0n) is 17.2. The van der Waals surface area contributed by atoms with E-state index in [1.54, 1.807) is 0 Å².